The molecule has 0 saturated heterocycles. The summed E-state index contributed by atoms with van der Waals surface area (Å²) in [4.78, 5) is 22.6. The molecule has 0 spiro atoms. The molecule has 0 saturated carbocycles. The summed E-state index contributed by atoms with van der Waals surface area (Å²) in [6.45, 7) is 0. The van der Waals surface area contributed by atoms with Gasteiger partial charge in [-0.05, 0) is 40.8 Å². The molecular weight excluding hydrogens is 332 g/mol. The number of hydrogen-bond donors (Lipinski definition) is 2. The van der Waals surface area contributed by atoms with Gasteiger partial charge in [0.25, 0.3) is 0 Å². The Morgan fingerprint density at radius 3 is 2.33 bits per heavy atom. The van der Waals surface area contributed by atoms with E-state index in [9.17, 15) is 9.59 Å². The zero-order valence-electron chi connectivity index (χ0n) is 7.25. The first-order valence-electron chi connectivity index (χ1n) is 3.95. The number of rotatable bonds is 1. The maximum atomic E-state index is 11.3. The highest BCUT2D eigenvalue weighted by Crippen LogP contribution is 2.20. The molecule has 0 bridgehead atoms. The van der Waals surface area contributed by atoms with E-state index < -0.39 is 11.4 Å². The number of benzene rings is 1. The molecule has 2 aromatic rings. The smallest absolute Gasteiger partial charge is 0.247 e. The quantitative estimate of drug-likeness (QED) is 0.765. The van der Waals surface area contributed by atoms with Crippen molar-refractivity contribution in [2.45, 2.75) is 0 Å². The van der Waals surface area contributed by atoms with Crippen molar-refractivity contribution in [3.63, 3.8) is 0 Å². The van der Waals surface area contributed by atoms with E-state index in [0.717, 1.165) is 8.14 Å². The molecule has 0 aliphatic rings. The molecule has 0 radical (unpaired) electrons. The third kappa shape index (κ3) is 1.86. The molecular formula is C8H5ClIN3O2. The lowest BCUT2D eigenvalue weighted by atomic mass is 10.3. The minimum absolute atomic E-state index is 0.356. The molecule has 1 aromatic carbocycles. The molecule has 5 nitrogen and oxygen atoms in total. The predicted molar refractivity (Wildman–Crippen MR) is 64.7 cm³/mol. The van der Waals surface area contributed by atoms with Crippen LogP contribution in [0.2, 0.25) is 5.02 Å². The van der Waals surface area contributed by atoms with Crippen LogP contribution < -0.4 is 11.4 Å². The highest BCUT2D eigenvalue weighted by atomic mass is 127. The fraction of sp³-hybridized carbons (Fsp3) is 0. The van der Waals surface area contributed by atoms with Gasteiger partial charge in [0, 0.05) is 3.57 Å². The van der Waals surface area contributed by atoms with Crippen molar-refractivity contribution in [2.24, 2.45) is 0 Å². The Morgan fingerprint density at radius 2 is 1.80 bits per heavy atom. The zero-order chi connectivity index (χ0) is 11.0. The van der Waals surface area contributed by atoms with E-state index in [1.807, 2.05) is 0 Å². The fourth-order valence-corrected chi connectivity index (χ4v) is 2.13. The number of aromatic amines is 2. The van der Waals surface area contributed by atoms with E-state index in [1.54, 1.807) is 18.2 Å². The van der Waals surface area contributed by atoms with Gasteiger partial charge in [-0.2, -0.15) is 0 Å². The molecule has 0 aliphatic heterocycles. The van der Waals surface area contributed by atoms with Gasteiger partial charge in [0.1, 0.15) is 0 Å². The lowest BCUT2D eigenvalue weighted by molar-refractivity contribution is 0.951. The van der Waals surface area contributed by atoms with E-state index in [-0.39, 0.29) is 0 Å². The molecule has 15 heavy (non-hydrogen) atoms. The summed E-state index contributed by atoms with van der Waals surface area (Å²) in [6, 6.07) is 5.06. The number of halogens is 2. The normalized spacial score (nSPS) is 10.5. The summed E-state index contributed by atoms with van der Waals surface area (Å²) < 4.78 is 1.87. The molecule has 7 heteroatoms. The van der Waals surface area contributed by atoms with Crippen LogP contribution in [-0.4, -0.2) is 14.8 Å². The van der Waals surface area contributed by atoms with Gasteiger partial charge in [0.05, 0.1) is 10.7 Å². The maximum Gasteiger partial charge on any atom is 0.349 e. The van der Waals surface area contributed by atoms with Crippen molar-refractivity contribution in [3.05, 3.63) is 47.8 Å². The minimum Gasteiger partial charge on any atom is -0.247 e. The lowest BCUT2D eigenvalue weighted by Crippen LogP contribution is -2.24. The third-order valence-electron chi connectivity index (χ3n) is 1.83. The van der Waals surface area contributed by atoms with Gasteiger partial charge in [-0.15, -0.1) is 0 Å². The first-order valence-corrected chi connectivity index (χ1v) is 5.40. The van der Waals surface area contributed by atoms with E-state index >= 15 is 0 Å². The second-order valence-electron chi connectivity index (χ2n) is 2.79. The van der Waals surface area contributed by atoms with Crippen LogP contribution in [0.15, 0.2) is 27.8 Å². The second-order valence-corrected chi connectivity index (χ2v) is 4.44. The van der Waals surface area contributed by atoms with Crippen LogP contribution in [0.4, 0.5) is 0 Å². The molecule has 0 unspecified atom stereocenters. The zero-order valence-corrected chi connectivity index (χ0v) is 10.2. The molecule has 2 N–H and O–H groups in total. The van der Waals surface area contributed by atoms with Crippen molar-refractivity contribution in [3.8, 4) is 5.69 Å². The van der Waals surface area contributed by atoms with Gasteiger partial charge in [-0.1, -0.05) is 11.6 Å². The van der Waals surface area contributed by atoms with Gasteiger partial charge >= 0.3 is 11.4 Å². The number of aromatic nitrogens is 3. The monoisotopic (exact) mass is 337 g/mol. The van der Waals surface area contributed by atoms with Crippen LogP contribution in [-0.2, 0) is 0 Å². The Kier molecular flexibility index (Phi) is 2.70. The Morgan fingerprint density at radius 1 is 1.20 bits per heavy atom. The summed E-state index contributed by atoms with van der Waals surface area (Å²) in [6.07, 6.45) is 0. The average Bonchev–Trinajstić information content (AvgIpc) is 2.48. The van der Waals surface area contributed by atoms with Crippen LogP contribution in [0.5, 0.6) is 0 Å². The van der Waals surface area contributed by atoms with Gasteiger partial charge in [0.15, 0.2) is 0 Å². The minimum atomic E-state index is -0.539. The summed E-state index contributed by atoms with van der Waals surface area (Å²) in [5, 5.41) is 4.73. The van der Waals surface area contributed by atoms with Crippen molar-refractivity contribution in [1.82, 2.24) is 14.8 Å². The number of H-pyrrole nitrogens is 2. The molecule has 0 aliphatic carbocycles. The van der Waals surface area contributed by atoms with E-state index in [1.165, 1.54) is 0 Å². The molecule has 1 heterocycles. The molecule has 78 valence electrons. The van der Waals surface area contributed by atoms with Crippen molar-refractivity contribution < 1.29 is 0 Å². The SMILES string of the molecule is O=c1[nH][nH]c(=O)n1-c1ccc(I)cc1Cl. The Bertz CT molecular complexity index is 585. The molecule has 1 aromatic heterocycles. The van der Waals surface area contributed by atoms with Crippen molar-refractivity contribution in [2.75, 3.05) is 0 Å². The number of hydrogen-bond acceptors (Lipinski definition) is 2. The number of nitrogens with one attached hydrogen (secondary N) is 2. The molecule has 0 atom stereocenters. The summed E-state index contributed by atoms with van der Waals surface area (Å²) in [5.74, 6) is 0. The van der Waals surface area contributed by atoms with Crippen molar-refractivity contribution >= 4 is 34.2 Å². The molecule has 2 rings (SSSR count). The van der Waals surface area contributed by atoms with Gasteiger partial charge in [0.2, 0.25) is 0 Å². The van der Waals surface area contributed by atoms with Crippen LogP contribution in [0.1, 0.15) is 0 Å². The molecule has 0 amide bonds. The van der Waals surface area contributed by atoms with Crippen LogP contribution in [0, 0.1) is 3.57 Å². The predicted octanol–water partition coefficient (Wildman–Crippen LogP) is 1.11. The van der Waals surface area contributed by atoms with Gasteiger partial charge in [-0.3, -0.25) is 0 Å². The second kappa shape index (κ2) is 3.86. The van der Waals surface area contributed by atoms with Gasteiger partial charge < -0.3 is 0 Å². The fourth-order valence-electron chi connectivity index (χ4n) is 1.19. The largest absolute Gasteiger partial charge is 0.349 e. The highest BCUT2D eigenvalue weighted by Gasteiger charge is 2.09. The van der Waals surface area contributed by atoms with Crippen LogP contribution in [0.3, 0.4) is 0 Å². The summed E-state index contributed by atoms with van der Waals surface area (Å²) in [5.41, 5.74) is -0.712. The van der Waals surface area contributed by atoms with E-state index in [4.69, 9.17) is 11.6 Å². The first kappa shape index (κ1) is 10.5. The van der Waals surface area contributed by atoms with E-state index in [2.05, 4.69) is 32.8 Å². The number of nitrogens with zero attached hydrogens (tertiary/aromatic N) is 1. The Balaban J connectivity index is 2.75. The first-order chi connectivity index (χ1) is 7.09. The standard InChI is InChI=1S/C8H5ClIN3O2/c9-5-3-4(10)1-2-6(5)13-7(14)11-12-8(13)15/h1-3H,(H,11,14)(H,12,15). The average molecular weight is 338 g/mol. The highest BCUT2D eigenvalue weighted by molar-refractivity contribution is 14.1. The Labute approximate surface area is 102 Å². The maximum absolute atomic E-state index is 11.3. The topological polar surface area (TPSA) is 70.7 Å². The lowest BCUT2D eigenvalue weighted by Gasteiger charge is -2.02. The van der Waals surface area contributed by atoms with Crippen LogP contribution >= 0.6 is 34.2 Å². The van der Waals surface area contributed by atoms with Crippen LogP contribution in [0.25, 0.3) is 5.69 Å². The van der Waals surface area contributed by atoms with Crippen molar-refractivity contribution in [1.29, 1.82) is 0 Å². The van der Waals surface area contributed by atoms with E-state index in [0.29, 0.717) is 10.7 Å². The summed E-state index contributed by atoms with van der Waals surface area (Å²) in [7, 11) is 0. The Hall–Kier alpha value is -1.02. The van der Waals surface area contributed by atoms with Gasteiger partial charge in [-0.25, -0.2) is 24.4 Å². The third-order valence-corrected chi connectivity index (χ3v) is 2.81. The summed E-state index contributed by atoms with van der Waals surface area (Å²) >= 11 is 8.03. The molecule has 0 fully saturated rings.